The molecule has 0 spiro atoms. The van der Waals surface area contributed by atoms with Crippen LogP contribution in [0.2, 0.25) is 0 Å². The zero-order valence-corrected chi connectivity index (χ0v) is 11.7. The Morgan fingerprint density at radius 2 is 1.89 bits per heavy atom. The normalized spacial score (nSPS) is 23.7. The van der Waals surface area contributed by atoms with Gasteiger partial charge in [0.25, 0.3) is 0 Å². The van der Waals surface area contributed by atoms with Crippen LogP contribution in [0.4, 0.5) is 0 Å². The van der Waals surface area contributed by atoms with E-state index >= 15 is 0 Å². The van der Waals surface area contributed by atoms with Gasteiger partial charge in [-0.3, -0.25) is 9.59 Å². The molecule has 1 rings (SSSR count). The van der Waals surface area contributed by atoms with Crippen molar-refractivity contribution in [1.29, 1.82) is 0 Å². The summed E-state index contributed by atoms with van der Waals surface area (Å²) < 4.78 is 23.1. The minimum absolute atomic E-state index is 0.0797. The molecule has 7 heteroatoms. The molecule has 0 radical (unpaired) electrons. The number of carboxylic acid groups (broad SMARTS) is 1. The van der Waals surface area contributed by atoms with Crippen molar-refractivity contribution in [3.63, 3.8) is 0 Å². The van der Waals surface area contributed by atoms with Crippen molar-refractivity contribution in [2.24, 2.45) is 5.41 Å². The first-order chi connectivity index (χ1) is 8.03. The Balaban J connectivity index is 2.95. The Morgan fingerprint density at radius 3 is 2.33 bits per heavy atom. The molecule has 6 nitrogen and oxygen atoms in total. The number of sulfone groups is 1. The Kier molecular flexibility index (Phi) is 4.05. The van der Waals surface area contributed by atoms with E-state index in [2.05, 4.69) is 0 Å². The average Bonchev–Trinajstić information content (AvgIpc) is 2.13. The van der Waals surface area contributed by atoms with Crippen LogP contribution in [0.1, 0.15) is 27.2 Å². The zero-order valence-electron chi connectivity index (χ0n) is 10.8. The predicted molar refractivity (Wildman–Crippen MR) is 65.9 cm³/mol. The van der Waals surface area contributed by atoms with Gasteiger partial charge in [0, 0.05) is 12.0 Å². The first kappa shape index (κ1) is 14.9. The Morgan fingerprint density at radius 1 is 1.33 bits per heavy atom. The van der Waals surface area contributed by atoms with Crippen LogP contribution in [0, 0.1) is 5.41 Å². The molecule has 1 atom stereocenters. The van der Waals surface area contributed by atoms with Crippen molar-refractivity contribution >= 4 is 21.7 Å². The van der Waals surface area contributed by atoms with Crippen molar-refractivity contribution in [2.45, 2.75) is 33.2 Å². The Hall–Kier alpha value is -1.11. The average molecular weight is 277 g/mol. The first-order valence-electron chi connectivity index (χ1n) is 5.76. The van der Waals surface area contributed by atoms with Crippen LogP contribution in [0.3, 0.4) is 0 Å². The summed E-state index contributed by atoms with van der Waals surface area (Å²) >= 11 is 0. The summed E-state index contributed by atoms with van der Waals surface area (Å²) in [6, 6.07) is -0.757. The van der Waals surface area contributed by atoms with Gasteiger partial charge in [-0.25, -0.2) is 8.42 Å². The van der Waals surface area contributed by atoms with Gasteiger partial charge >= 0.3 is 5.97 Å². The van der Waals surface area contributed by atoms with Gasteiger partial charge in [0.15, 0.2) is 9.84 Å². The molecule has 0 bridgehead atoms. The third-order valence-corrected chi connectivity index (χ3v) is 4.54. The number of hydrogen-bond acceptors (Lipinski definition) is 4. The van der Waals surface area contributed by atoms with E-state index in [1.54, 1.807) is 20.8 Å². The third kappa shape index (κ3) is 3.69. The smallest absolute Gasteiger partial charge is 0.305 e. The van der Waals surface area contributed by atoms with Gasteiger partial charge < -0.3 is 10.0 Å². The summed E-state index contributed by atoms with van der Waals surface area (Å²) in [5.74, 6) is -1.65. The topological polar surface area (TPSA) is 91.8 Å². The molecule has 0 aliphatic carbocycles. The van der Waals surface area contributed by atoms with Gasteiger partial charge in [-0.05, 0) is 0 Å². The minimum Gasteiger partial charge on any atom is -0.481 e. The number of rotatable bonds is 2. The number of amides is 1. The Bertz CT molecular complexity index is 449. The van der Waals surface area contributed by atoms with E-state index in [1.165, 1.54) is 4.90 Å². The quantitative estimate of drug-likeness (QED) is 0.774. The fourth-order valence-electron chi connectivity index (χ4n) is 1.96. The molecule has 18 heavy (non-hydrogen) atoms. The molecule has 104 valence electrons. The molecular weight excluding hydrogens is 258 g/mol. The second kappa shape index (κ2) is 4.87. The lowest BCUT2D eigenvalue weighted by molar-refractivity contribution is -0.144. The summed E-state index contributed by atoms with van der Waals surface area (Å²) in [7, 11) is -3.25. The van der Waals surface area contributed by atoms with Crippen LogP contribution in [0.25, 0.3) is 0 Å². The lowest BCUT2D eigenvalue weighted by Crippen LogP contribution is -2.54. The van der Waals surface area contributed by atoms with Crippen molar-refractivity contribution < 1.29 is 23.1 Å². The fourth-order valence-corrected chi connectivity index (χ4v) is 3.48. The molecule has 1 heterocycles. The molecule has 0 aromatic rings. The van der Waals surface area contributed by atoms with Crippen LogP contribution < -0.4 is 0 Å². The van der Waals surface area contributed by atoms with Gasteiger partial charge in [0.05, 0.1) is 24.0 Å². The molecule has 1 N–H and O–H groups in total. The van der Waals surface area contributed by atoms with E-state index in [0.717, 1.165) is 0 Å². The van der Waals surface area contributed by atoms with Gasteiger partial charge in [-0.15, -0.1) is 0 Å². The number of hydrogen-bond donors (Lipinski definition) is 1. The lowest BCUT2D eigenvalue weighted by atomic mass is 9.93. The van der Waals surface area contributed by atoms with E-state index < -0.39 is 27.3 Å². The Labute approximate surface area is 107 Å². The summed E-state index contributed by atoms with van der Waals surface area (Å²) in [5.41, 5.74) is -0.641. The molecule has 0 aromatic heterocycles. The highest BCUT2D eigenvalue weighted by molar-refractivity contribution is 7.91. The first-order valence-corrected chi connectivity index (χ1v) is 7.58. The standard InChI is InChI=1S/C11H19NO5S/c1-11(2,3)10(15)12-4-5-18(16,17)7-8(12)6-9(13)14/h8H,4-7H2,1-3H3,(H,13,14). The number of carbonyl (C=O) groups excluding carboxylic acids is 1. The molecular formula is C11H19NO5S. The summed E-state index contributed by atoms with van der Waals surface area (Å²) in [4.78, 5) is 24.3. The second-order valence-electron chi connectivity index (χ2n) is 5.61. The third-order valence-electron chi connectivity index (χ3n) is 2.84. The molecule has 1 aliphatic rings. The maximum absolute atomic E-state index is 12.2. The van der Waals surface area contributed by atoms with Crippen LogP contribution in [-0.4, -0.2) is 54.4 Å². The van der Waals surface area contributed by atoms with Crippen molar-refractivity contribution in [2.75, 3.05) is 18.1 Å². The van der Waals surface area contributed by atoms with Gasteiger partial charge in [-0.2, -0.15) is 0 Å². The molecule has 1 fully saturated rings. The van der Waals surface area contributed by atoms with Gasteiger partial charge in [0.2, 0.25) is 5.91 Å². The van der Waals surface area contributed by atoms with Gasteiger partial charge in [0.1, 0.15) is 0 Å². The minimum atomic E-state index is -3.25. The summed E-state index contributed by atoms with van der Waals surface area (Å²) in [6.45, 7) is 5.28. The van der Waals surface area contributed by atoms with Crippen molar-refractivity contribution in [1.82, 2.24) is 4.90 Å². The molecule has 0 saturated carbocycles. The summed E-state index contributed by atoms with van der Waals surface area (Å²) in [5, 5.41) is 8.81. The highest BCUT2D eigenvalue weighted by atomic mass is 32.2. The number of nitrogens with zero attached hydrogens (tertiary/aromatic N) is 1. The van der Waals surface area contributed by atoms with E-state index in [0.29, 0.717) is 0 Å². The van der Waals surface area contributed by atoms with Crippen LogP contribution in [0.15, 0.2) is 0 Å². The SMILES string of the molecule is CC(C)(C)C(=O)N1CCS(=O)(=O)CC1CC(=O)O. The van der Waals surface area contributed by atoms with Gasteiger partial charge in [-0.1, -0.05) is 20.8 Å². The van der Waals surface area contributed by atoms with E-state index in [-0.39, 0.29) is 30.4 Å². The van der Waals surface area contributed by atoms with Crippen molar-refractivity contribution in [3.8, 4) is 0 Å². The van der Waals surface area contributed by atoms with Crippen molar-refractivity contribution in [3.05, 3.63) is 0 Å². The molecule has 1 aliphatic heterocycles. The van der Waals surface area contributed by atoms with Crippen LogP contribution in [0.5, 0.6) is 0 Å². The predicted octanol–water partition coefficient (Wildman–Crippen LogP) is 0.133. The fraction of sp³-hybridized carbons (Fsp3) is 0.818. The number of carbonyl (C=O) groups is 2. The van der Waals surface area contributed by atoms with Crippen LogP contribution >= 0.6 is 0 Å². The molecule has 1 saturated heterocycles. The number of aliphatic carboxylic acids is 1. The monoisotopic (exact) mass is 277 g/mol. The highest BCUT2D eigenvalue weighted by Gasteiger charge is 2.38. The van der Waals surface area contributed by atoms with E-state index in [9.17, 15) is 18.0 Å². The largest absolute Gasteiger partial charge is 0.481 e. The zero-order chi connectivity index (χ0) is 14.1. The molecule has 1 amide bonds. The van der Waals surface area contributed by atoms with Crippen LogP contribution in [-0.2, 0) is 19.4 Å². The maximum atomic E-state index is 12.2. The second-order valence-corrected chi connectivity index (χ2v) is 7.84. The van der Waals surface area contributed by atoms with E-state index in [4.69, 9.17) is 5.11 Å². The highest BCUT2D eigenvalue weighted by Crippen LogP contribution is 2.23. The van der Waals surface area contributed by atoms with E-state index in [1.807, 2.05) is 0 Å². The summed E-state index contributed by atoms with van der Waals surface area (Å²) in [6.07, 6.45) is -0.332. The molecule has 1 unspecified atom stereocenters. The number of carboxylic acids is 1. The molecule has 0 aromatic carbocycles. The lowest BCUT2D eigenvalue weighted by Gasteiger charge is -2.38. The maximum Gasteiger partial charge on any atom is 0.305 e.